The van der Waals surface area contributed by atoms with Crippen LogP contribution in [-0.4, -0.2) is 28.2 Å². The second-order valence-electron chi connectivity index (χ2n) is 3.66. The van der Waals surface area contributed by atoms with E-state index in [1.807, 2.05) is 31.2 Å². The summed E-state index contributed by atoms with van der Waals surface area (Å²) < 4.78 is 6.81. The first-order chi connectivity index (χ1) is 8.77. The highest BCUT2D eigenvalue weighted by molar-refractivity contribution is 6.15. The number of benzene rings is 1. The quantitative estimate of drug-likeness (QED) is 0.607. The van der Waals surface area contributed by atoms with Crippen molar-refractivity contribution < 1.29 is 9.53 Å². The fraction of sp³-hybridized carbons (Fsp3) is 0.154. The molecule has 18 heavy (non-hydrogen) atoms. The molecule has 0 radical (unpaired) electrons. The van der Waals surface area contributed by atoms with Gasteiger partial charge in [-0.2, -0.15) is 5.10 Å². The Morgan fingerprint density at radius 3 is 2.78 bits per heavy atom. The highest BCUT2D eigenvalue weighted by Gasteiger charge is 2.11. The Labute approximate surface area is 105 Å². The van der Waals surface area contributed by atoms with E-state index in [-0.39, 0.29) is 0 Å². The normalized spacial score (nSPS) is 11.9. The van der Waals surface area contributed by atoms with Gasteiger partial charge in [0.2, 0.25) is 0 Å². The Balaban J connectivity index is 2.58. The zero-order valence-corrected chi connectivity index (χ0v) is 10.2. The van der Waals surface area contributed by atoms with Crippen molar-refractivity contribution in [1.82, 2.24) is 14.8 Å². The molecule has 5 heteroatoms. The van der Waals surface area contributed by atoms with Crippen LogP contribution in [-0.2, 0) is 4.79 Å². The third kappa shape index (κ3) is 2.15. The van der Waals surface area contributed by atoms with Gasteiger partial charge in [0.05, 0.1) is 12.8 Å². The van der Waals surface area contributed by atoms with Crippen LogP contribution in [0.2, 0.25) is 0 Å². The molecule has 0 fully saturated rings. The minimum Gasteiger partial charge on any atom is -0.496 e. The Morgan fingerprint density at radius 1 is 1.39 bits per heavy atom. The topological polar surface area (TPSA) is 57.0 Å². The molecule has 92 valence electrons. The highest BCUT2D eigenvalue weighted by Crippen LogP contribution is 2.27. The van der Waals surface area contributed by atoms with E-state index >= 15 is 0 Å². The van der Waals surface area contributed by atoms with Crippen LogP contribution in [0.15, 0.2) is 36.9 Å². The molecule has 0 saturated heterocycles. The van der Waals surface area contributed by atoms with Gasteiger partial charge in [-0.15, -0.1) is 0 Å². The minimum atomic E-state index is 0.526. The fourth-order valence-corrected chi connectivity index (χ4v) is 1.72. The molecule has 0 spiro atoms. The van der Waals surface area contributed by atoms with Crippen LogP contribution < -0.4 is 4.74 Å². The van der Waals surface area contributed by atoms with E-state index in [2.05, 4.69) is 10.1 Å². The van der Waals surface area contributed by atoms with Gasteiger partial charge in [0.1, 0.15) is 18.4 Å². The molecule has 1 heterocycles. The van der Waals surface area contributed by atoms with Gasteiger partial charge in [0, 0.05) is 11.1 Å². The number of carbonyl (C=O) groups excluding carboxylic acids is 1. The molecule has 2 rings (SSSR count). The smallest absolute Gasteiger partial charge is 0.152 e. The van der Waals surface area contributed by atoms with E-state index < -0.39 is 0 Å². The summed E-state index contributed by atoms with van der Waals surface area (Å²) in [6.45, 7) is 1.81. The number of rotatable bonds is 4. The van der Waals surface area contributed by atoms with Crippen LogP contribution >= 0.6 is 0 Å². The van der Waals surface area contributed by atoms with Crippen LogP contribution in [0.5, 0.6) is 5.75 Å². The van der Waals surface area contributed by atoms with E-state index in [9.17, 15) is 4.79 Å². The number of hydrogen-bond acceptors (Lipinski definition) is 4. The summed E-state index contributed by atoms with van der Waals surface area (Å²) in [7, 11) is 1.58. The van der Waals surface area contributed by atoms with Crippen molar-refractivity contribution in [2.45, 2.75) is 6.92 Å². The Morgan fingerprint density at radius 2 is 2.17 bits per heavy atom. The highest BCUT2D eigenvalue weighted by atomic mass is 16.5. The standard InChI is InChI=1S/C13H13N3O2/c1-10(16-9-14-8-15-16)12(7-17)11-5-3-4-6-13(11)18-2/h3-9H,1-2H3. The van der Waals surface area contributed by atoms with Crippen LogP contribution in [0.3, 0.4) is 0 Å². The lowest BCUT2D eigenvalue weighted by atomic mass is 10.0. The van der Waals surface area contributed by atoms with Crippen molar-refractivity contribution in [1.29, 1.82) is 0 Å². The maximum atomic E-state index is 11.3. The van der Waals surface area contributed by atoms with Gasteiger partial charge >= 0.3 is 0 Å². The molecular formula is C13H13N3O2. The largest absolute Gasteiger partial charge is 0.496 e. The molecule has 0 bridgehead atoms. The molecule has 0 amide bonds. The zero-order valence-electron chi connectivity index (χ0n) is 10.2. The maximum absolute atomic E-state index is 11.3. The first-order valence-electron chi connectivity index (χ1n) is 5.42. The lowest BCUT2D eigenvalue weighted by Gasteiger charge is -2.10. The van der Waals surface area contributed by atoms with E-state index in [0.29, 0.717) is 17.0 Å². The van der Waals surface area contributed by atoms with E-state index in [0.717, 1.165) is 11.8 Å². The van der Waals surface area contributed by atoms with Gasteiger partial charge in [-0.1, -0.05) is 18.2 Å². The Hall–Kier alpha value is -2.43. The number of para-hydroxylation sites is 1. The molecule has 2 aromatic rings. The molecule has 0 aliphatic carbocycles. The Kier molecular flexibility index (Phi) is 3.52. The number of nitrogens with zero attached hydrogens (tertiary/aromatic N) is 3. The summed E-state index contributed by atoms with van der Waals surface area (Å²) in [6.07, 6.45) is 3.78. The SMILES string of the molecule is COc1ccccc1C(C=O)=C(C)n1cncn1. The molecular weight excluding hydrogens is 230 g/mol. The van der Waals surface area contributed by atoms with Crippen molar-refractivity contribution in [3.8, 4) is 5.75 Å². The third-order valence-corrected chi connectivity index (χ3v) is 2.67. The van der Waals surface area contributed by atoms with Crippen molar-refractivity contribution in [3.63, 3.8) is 0 Å². The number of carbonyl (C=O) groups is 1. The predicted octanol–water partition coefficient (Wildman–Crippen LogP) is 1.87. The van der Waals surface area contributed by atoms with Crippen LogP contribution in [0.4, 0.5) is 0 Å². The van der Waals surface area contributed by atoms with Crippen LogP contribution in [0.25, 0.3) is 11.3 Å². The molecule has 1 aromatic heterocycles. The zero-order chi connectivity index (χ0) is 13.0. The van der Waals surface area contributed by atoms with Gasteiger partial charge in [0.15, 0.2) is 6.29 Å². The fourth-order valence-electron chi connectivity index (χ4n) is 1.72. The third-order valence-electron chi connectivity index (χ3n) is 2.67. The maximum Gasteiger partial charge on any atom is 0.152 e. The number of methoxy groups -OCH3 is 1. The first kappa shape index (κ1) is 12.0. The molecule has 0 aliphatic heterocycles. The number of ether oxygens (including phenoxy) is 1. The van der Waals surface area contributed by atoms with E-state index in [1.54, 1.807) is 18.1 Å². The molecule has 5 nitrogen and oxygen atoms in total. The summed E-state index contributed by atoms with van der Waals surface area (Å²) in [5, 5.41) is 4.01. The lowest BCUT2D eigenvalue weighted by Crippen LogP contribution is -2.01. The van der Waals surface area contributed by atoms with Crippen molar-refractivity contribution in [2.75, 3.05) is 7.11 Å². The van der Waals surface area contributed by atoms with Crippen LogP contribution in [0.1, 0.15) is 12.5 Å². The van der Waals surface area contributed by atoms with E-state index in [4.69, 9.17) is 4.74 Å². The van der Waals surface area contributed by atoms with Crippen LogP contribution in [0, 0.1) is 0 Å². The monoisotopic (exact) mass is 243 g/mol. The summed E-state index contributed by atoms with van der Waals surface area (Å²) >= 11 is 0. The van der Waals surface area contributed by atoms with E-state index in [1.165, 1.54) is 6.33 Å². The first-order valence-corrected chi connectivity index (χ1v) is 5.42. The van der Waals surface area contributed by atoms with Crippen molar-refractivity contribution in [2.24, 2.45) is 0 Å². The molecule has 0 atom stereocenters. The van der Waals surface area contributed by atoms with Gasteiger partial charge < -0.3 is 4.74 Å². The summed E-state index contributed by atoms with van der Waals surface area (Å²) in [5.41, 5.74) is 1.97. The summed E-state index contributed by atoms with van der Waals surface area (Å²) in [4.78, 5) is 15.2. The average Bonchev–Trinajstić information content (AvgIpc) is 2.94. The molecule has 0 saturated carbocycles. The molecule has 0 unspecified atom stereocenters. The van der Waals surface area contributed by atoms with Gasteiger partial charge in [-0.3, -0.25) is 4.79 Å². The van der Waals surface area contributed by atoms with Gasteiger partial charge in [-0.25, -0.2) is 9.67 Å². The van der Waals surface area contributed by atoms with Crippen molar-refractivity contribution in [3.05, 3.63) is 42.5 Å². The number of hydrogen-bond donors (Lipinski definition) is 0. The number of aromatic nitrogens is 3. The van der Waals surface area contributed by atoms with Gasteiger partial charge in [-0.05, 0) is 13.0 Å². The van der Waals surface area contributed by atoms with Gasteiger partial charge in [0.25, 0.3) is 0 Å². The molecule has 0 aliphatic rings. The second kappa shape index (κ2) is 5.27. The lowest BCUT2D eigenvalue weighted by molar-refractivity contribution is -0.103. The summed E-state index contributed by atoms with van der Waals surface area (Å²) in [5.74, 6) is 0.652. The Bertz CT molecular complexity index is 574. The summed E-state index contributed by atoms with van der Waals surface area (Å²) in [6, 6.07) is 7.36. The number of allylic oxidation sites excluding steroid dienone is 2. The average molecular weight is 243 g/mol. The second-order valence-corrected chi connectivity index (χ2v) is 3.66. The predicted molar refractivity (Wildman–Crippen MR) is 67.9 cm³/mol. The van der Waals surface area contributed by atoms with Crippen molar-refractivity contribution >= 4 is 17.6 Å². The number of aldehydes is 1. The minimum absolute atomic E-state index is 0.526. The molecule has 1 aromatic carbocycles. The molecule has 0 N–H and O–H groups in total.